The molecule has 0 heterocycles. The second kappa shape index (κ2) is 7.71. The molecule has 0 aliphatic carbocycles. The first-order chi connectivity index (χ1) is 11.8. The zero-order valence-corrected chi connectivity index (χ0v) is 12.3. The molecular weight excluding hydrogens is 281 g/mol. The van der Waals surface area contributed by atoms with Gasteiger partial charge >= 0.3 is 0 Å². The minimum absolute atomic E-state index is 0.251. The molecule has 0 spiro atoms. The van der Waals surface area contributed by atoms with Crippen LogP contribution in [0.15, 0.2) is 48.5 Å². The van der Waals surface area contributed by atoms with Crippen molar-refractivity contribution >= 4 is 5.78 Å². The predicted molar refractivity (Wildman–Crippen MR) is 84.2 cm³/mol. The van der Waals surface area contributed by atoms with E-state index in [4.69, 9.17) is 8.85 Å². The monoisotopic (exact) mass is 304 g/mol. The molecule has 2 rings (SSSR count). The largest absolute Gasteiger partial charge is 0.489 e. The number of nitrogens with one attached hydrogen (secondary N) is 1. The number of ketones is 1. The Bertz CT molecular complexity index is 717. The number of ether oxygens (including phenoxy) is 1. The van der Waals surface area contributed by atoms with E-state index < -0.39 is 18.7 Å². The fourth-order valence-corrected chi connectivity index (χ4v) is 1.86. The number of halogens is 1. The predicted octanol–water partition coefficient (Wildman–Crippen LogP) is 3.47. The molecule has 0 aliphatic heterocycles. The lowest BCUT2D eigenvalue weighted by Crippen LogP contribution is -2.31. The number of Topliss-reactive ketones (excluding diaryl/α,β-unsaturated/α-hetero) is 1. The van der Waals surface area contributed by atoms with Gasteiger partial charge < -0.3 is 10.1 Å². The molecule has 0 amide bonds. The van der Waals surface area contributed by atoms with E-state index in [2.05, 4.69) is 5.32 Å². The SMILES string of the molecule is [2H]C([2H])([2H])[C@H](NCc1ccc(OCc2cccc(F)c2)cc1)C(C)=O. The maximum Gasteiger partial charge on any atom is 0.146 e. The van der Waals surface area contributed by atoms with E-state index in [1.165, 1.54) is 19.1 Å². The van der Waals surface area contributed by atoms with Gasteiger partial charge in [0.05, 0.1) is 6.04 Å². The highest BCUT2D eigenvalue weighted by Gasteiger charge is 2.06. The average Bonchev–Trinajstić information content (AvgIpc) is 2.53. The van der Waals surface area contributed by atoms with Crippen LogP contribution in [0.2, 0.25) is 0 Å². The Kier molecular flexibility index (Phi) is 4.33. The summed E-state index contributed by atoms with van der Waals surface area (Å²) in [5, 5.41) is 2.76. The van der Waals surface area contributed by atoms with Gasteiger partial charge in [-0.2, -0.15) is 0 Å². The van der Waals surface area contributed by atoms with Crippen LogP contribution in [0, 0.1) is 5.82 Å². The molecule has 0 saturated carbocycles. The summed E-state index contributed by atoms with van der Waals surface area (Å²) in [5.74, 6) is -0.112. The Morgan fingerprint density at radius 1 is 1.27 bits per heavy atom. The van der Waals surface area contributed by atoms with E-state index in [-0.39, 0.29) is 19.0 Å². The van der Waals surface area contributed by atoms with Gasteiger partial charge in [0.25, 0.3) is 0 Å². The standard InChI is InChI=1S/C18H20FNO2/c1-13(14(2)21)20-11-15-6-8-18(9-7-15)22-12-16-4-3-5-17(19)10-16/h3-10,13,20H,11-12H2,1-2H3/t13-/m0/s1/i1D3. The Hall–Kier alpha value is -2.20. The van der Waals surface area contributed by atoms with Crippen molar-refractivity contribution in [3.8, 4) is 5.75 Å². The van der Waals surface area contributed by atoms with E-state index >= 15 is 0 Å². The molecule has 0 unspecified atom stereocenters. The second-order valence-corrected chi connectivity index (χ2v) is 4.99. The molecule has 2 aromatic rings. The van der Waals surface area contributed by atoms with Crippen molar-refractivity contribution in [1.82, 2.24) is 5.32 Å². The van der Waals surface area contributed by atoms with Crippen LogP contribution in [0.5, 0.6) is 5.75 Å². The molecule has 0 bridgehead atoms. The number of hydrogen-bond acceptors (Lipinski definition) is 3. The van der Waals surface area contributed by atoms with Gasteiger partial charge in [0.15, 0.2) is 0 Å². The molecule has 0 radical (unpaired) electrons. The van der Waals surface area contributed by atoms with Crippen molar-refractivity contribution < 1.29 is 18.0 Å². The molecule has 22 heavy (non-hydrogen) atoms. The number of rotatable bonds is 7. The van der Waals surface area contributed by atoms with Crippen molar-refractivity contribution in [1.29, 1.82) is 0 Å². The summed E-state index contributed by atoms with van der Waals surface area (Å²) in [4.78, 5) is 11.4. The Balaban J connectivity index is 1.90. The molecule has 1 atom stereocenters. The van der Waals surface area contributed by atoms with E-state index in [0.717, 1.165) is 11.1 Å². The molecule has 0 fully saturated rings. The van der Waals surface area contributed by atoms with Crippen LogP contribution in [0.4, 0.5) is 4.39 Å². The first-order valence-corrected chi connectivity index (χ1v) is 6.96. The lowest BCUT2D eigenvalue weighted by molar-refractivity contribution is -0.118. The molecule has 0 saturated heterocycles. The van der Waals surface area contributed by atoms with Crippen molar-refractivity contribution in [2.24, 2.45) is 0 Å². The summed E-state index contributed by atoms with van der Waals surface area (Å²) < 4.78 is 40.8. The van der Waals surface area contributed by atoms with E-state index in [0.29, 0.717) is 5.75 Å². The highest BCUT2D eigenvalue weighted by Crippen LogP contribution is 2.15. The second-order valence-electron chi connectivity index (χ2n) is 4.99. The molecule has 0 aromatic heterocycles. The fraction of sp³-hybridized carbons (Fsp3) is 0.278. The number of hydrogen-bond donors (Lipinski definition) is 1. The summed E-state index contributed by atoms with van der Waals surface area (Å²) >= 11 is 0. The maximum atomic E-state index is 13.1. The fourth-order valence-electron chi connectivity index (χ4n) is 1.86. The molecule has 116 valence electrons. The van der Waals surface area contributed by atoms with Gasteiger partial charge in [0.2, 0.25) is 0 Å². The van der Waals surface area contributed by atoms with Crippen molar-refractivity contribution in [2.45, 2.75) is 33.0 Å². The van der Waals surface area contributed by atoms with Gasteiger partial charge in [-0.3, -0.25) is 4.79 Å². The smallest absolute Gasteiger partial charge is 0.146 e. The zero-order valence-electron chi connectivity index (χ0n) is 15.3. The molecule has 1 N–H and O–H groups in total. The van der Waals surface area contributed by atoms with Gasteiger partial charge in [0.1, 0.15) is 24.0 Å². The third-order valence-corrected chi connectivity index (χ3v) is 3.13. The number of carbonyl (C=O) groups excluding carboxylic acids is 1. The van der Waals surface area contributed by atoms with Gasteiger partial charge in [-0.25, -0.2) is 4.39 Å². The minimum atomic E-state index is -2.38. The van der Waals surface area contributed by atoms with Crippen LogP contribution in [-0.2, 0) is 17.9 Å². The Labute approximate surface area is 134 Å². The third-order valence-electron chi connectivity index (χ3n) is 3.13. The summed E-state index contributed by atoms with van der Waals surface area (Å²) in [5.41, 5.74) is 1.56. The minimum Gasteiger partial charge on any atom is -0.489 e. The first-order valence-electron chi connectivity index (χ1n) is 8.46. The van der Waals surface area contributed by atoms with Crippen LogP contribution in [-0.4, -0.2) is 11.8 Å². The highest BCUT2D eigenvalue weighted by atomic mass is 19.1. The van der Waals surface area contributed by atoms with Crippen molar-refractivity contribution in [2.75, 3.05) is 0 Å². The summed E-state index contributed by atoms with van der Waals surface area (Å²) in [6, 6.07) is 12.1. The van der Waals surface area contributed by atoms with Crippen LogP contribution in [0.3, 0.4) is 0 Å². The van der Waals surface area contributed by atoms with Crippen LogP contribution >= 0.6 is 0 Å². The van der Waals surface area contributed by atoms with E-state index in [9.17, 15) is 9.18 Å². The van der Waals surface area contributed by atoms with Crippen molar-refractivity contribution in [3.63, 3.8) is 0 Å². The lowest BCUT2D eigenvalue weighted by atomic mass is 10.2. The first kappa shape index (κ1) is 12.4. The van der Waals surface area contributed by atoms with Gasteiger partial charge in [0, 0.05) is 10.7 Å². The summed E-state index contributed by atoms with van der Waals surface area (Å²) in [6.07, 6.45) is 0. The highest BCUT2D eigenvalue weighted by molar-refractivity contribution is 5.80. The van der Waals surface area contributed by atoms with Crippen LogP contribution < -0.4 is 10.1 Å². The Morgan fingerprint density at radius 3 is 2.68 bits per heavy atom. The van der Waals surface area contributed by atoms with E-state index in [1.54, 1.807) is 36.4 Å². The number of benzene rings is 2. The summed E-state index contributed by atoms with van der Waals surface area (Å²) in [6.45, 7) is -0.610. The van der Waals surface area contributed by atoms with Gasteiger partial charge in [-0.1, -0.05) is 24.3 Å². The molecule has 4 heteroatoms. The third kappa shape index (κ3) is 4.97. The average molecular weight is 304 g/mol. The molecule has 3 nitrogen and oxygen atoms in total. The van der Waals surface area contributed by atoms with Crippen molar-refractivity contribution in [3.05, 3.63) is 65.5 Å². The zero-order chi connectivity index (χ0) is 18.4. The number of carbonyl (C=O) groups is 1. The topological polar surface area (TPSA) is 38.3 Å². The van der Waals surface area contributed by atoms with Crippen LogP contribution in [0.1, 0.15) is 29.0 Å². The van der Waals surface area contributed by atoms with Crippen LogP contribution in [0.25, 0.3) is 0 Å². The van der Waals surface area contributed by atoms with E-state index in [1.807, 2.05) is 0 Å². The maximum absolute atomic E-state index is 13.1. The molecular formula is C18H20FNO2. The van der Waals surface area contributed by atoms with Gasteiger partial charge in [-0.15, -0.1) is 0 Å². The quantitative estimate of drug-likeness (QED) is 0.851. The Morgan fingerprint density at radius 2 is 2.05 bits per heavy atom. The lowest BCUT2D eigenvalue weighted by Gasteiger charge is -2.11. The molecule has 2 aromatic carbocycles. The van der Waals surface area contributed by atoms with Gasteiger partial charge in [-0.05, 0) is 49.2 Å². The molecule has 0 aliphatic rings. The summed E-state index contributed by atoms with van der Waals surface area (Å²) in [7, 11) is 0. The normalized spacial score (nSPS) is 14.5.